The van der Waals surface area contributed by atoms with Gasteiger partial charge in [-0.25, -0.2) is 4.98 Å². The molecule has 0 unspecified atom stereocenters. The molecule has 0 aliphatic heterocycles. The van der Waals surface area contributed by atoms with Crippen molar-refractivity contribution in [3.05, 3.63) is 57.9 Å². The van der Waals surface area contributed by atoms with Crippen molar-refractivity contribution in [2.24, 2.45) is 0 Å². The molecule has 1 aromatic heterocycles. The molecule has 2 aromatic carbocycles. The SMILES string of the molecule is COc1ccc(CCNc2nc(-c3ccc(Br)cc3)cs2)cc1OC. The van der Waals surface area contributed by atoms with Gasteiger partial charge in [-0.05, 0) is 36.2 Å². The Kier molecular flexibility index (Phi) is 5.94. The zero-order valence-corrected chi connectivity index (χ0v) is 16.5. The van der Waals surface area contributed by atoms with Crippen molar-refractivity contribution in [3.63, 3.8) is 0 Å². The van der Waals surface area contributed by atoms with Gasteiger partial charge >= 0.3 is 0 Å². The number of methoxy groups -OCH3 is 2. The maximum absolute atomic E-state index is 5.34. The van der Waals surface area contributed by atoms with Crippen LogP contribution in [0.15, 0.2) is 52.3 Å². The number of aromatic nitrogens is 1. The maximum Gasteiger partial charge on any atom is 0.183 e. The van der Waals surface area contributed by atoms with Crippen LogP contribution in [0.1, 0.15) is 5.56 Å². The number of benzene rings is 2. The van der Waals surface area contributed by atoms with Gasteiger partial charge in [-0.2, -0.15) is 0 Å². The van der Waals surface area contributed by atoms with Gasteiger partial charge in [-0.15, -0.1) is 11.3 Å². The third-order valence-electron chi connectivity index (χ3n) is 3.78. The van der Waals surface area contributed by atoms with Crippen LogP contribution in [0.4, 0.5) is 5.13 Å². The summed E-state index contributed by atoms with van der Waals surface area (Å²) in [6.45, 7) is 0.808. The maximum atomic E-state index is 5.34. The molecule has 0 amide bonds. The molecular formula is C19H19BrN2O2S. The topological polar surface area (TPSA) is 43.4 Å². The second kappa shape index (κ2) is 8.36. The van der Waals surface area contributed by atoms with E-state index in [1.54, 1.807) is 25.6 Å². The predicted octanol–water partition coefficient (Wildman–Crippen LogP) is 5.24. The Bertz CT molecular complexity index is 834. The summed E-state index contributed by atoms with van der Waals surface area (Å²) in [6, 6.07) is 14.2. The summed E-state index contributed by atoms with van der Waals surface area (Å²) in [7, 11) is 3.30. The molecule has 130 valence electrons. The van der Waals surface area contributed by atoms with Gasteiger partial charge in [0.1, 0.15) is 0 Å². The van der Waals surface area contributed by atoms with Crippen LogP contribution >= 0.6 is 27.3 Å². The number of rotatable bonds is 7. The first kappa shape index (κ1) is 17.8. The van der Waals surface area contributed by atoms with E-state index in [1.165, 1.54) is 5.56 Å². The third kappa shape index (κ3) is 4.52. The molecule has 0 saturated carbocycles. The zero-order chi connectivity index (χ0) is 17.6. The van der Waals surface area contributed by atoms with Crippen LogP contribution in [0.25, 0.3) is 11.3 Å². The third-order valence-corrected chi connectivity index (χ3v) is 5.11. The second-order valence-corrected chi connectivity index (χ2v) is 7.18. The van der Waals surface area contributed by atoms with Gasteiger partial charge in [-0.1, -0.05) is 34.1 Å². The average Bonchev–Trinajstić information content (AvgIpc) is 3.11. The van der Waals surface area contributed by atoms with Crippen LogP contribution in [-0.4, -0.2) is 25.7 Å². The highest BCUT2D eigenvalue weighted by atomic mass is 79.9. The Balaban J connectivity index is 1.58. The lowest BCUT2D eigenvalue weighted by Crippen LogP contribution is -2.05. The lowest BCUT2D eigenvalue weighted by Gasteiger charge is -2.09. The molecule has 1 heterocycles. The summed E-state index contributed by atoms with van der Waals surface area (Å²) in [5.74, 6) is 1.50. The first-order chi connectivity index (χ1) is 12.2. The molecule has 0 fully saturated rings. The fraction of sp³-hybridized carbons (Fsp3) is 0.211. The van der Waals surface area contributed by atoms with Crippen LogP contribution < -0.4 is 14.8 Å². The molecule has 6 heteroatoms. The summed E-state index contributed by atoms with van der Waals surface area (Å²) in [6.07, 6.45) is 0.882. The van der Waals surface area contributed by atoms with Gasteiger partial charge in [-0.3, -0.25) is 0 Å². The highest BCUT2D eigenvalue weighted by Crippen LogP contribution is 2.28. The number of anilines is 1. The highest BCUT2D eigenvalue weighted by molar-refractivity contribution is 9.10. The van der Waals surface area contributed by atoms with E-state index < -0.39 is 0 Å². The van der Waals surface area contributed by atoms with E-state index in [2.05, 4.69) is 49.8 Å². The summed E-state index contributed by atoms with van der Waals surface area (Å²) in [4.78, 5) is 4.65. The standard InChI is InChI=1S/C19H19BrN2O2S/c1-23-17-8-3-13(11-18(17)24-2)9-10-21-19-22-16(12-25-19)14-4-6-15(20)7-5-14/h3-8,11-12H,9-10H2,1-2H3,(H,21,22). The largest absolute Gasteiger partial charge is 0.493 e. The van der Waals surface area contributed by atoms with Gasteiger partial charge < -0.3 is 14.8 Å². The number of thiazole rings is 1. The van der Waals surface area contributed by atoms with Crippen LogP contribution in [0.2, 0.25) is 0 Å². The lowest BCUT2D eigenvalue weighted by atomic mass is 10.1. The van der Waals surface area contributed by atoms with E-state index >= 15 is 0 Å². The van der Waals surface area contributed by atoms with E-state index in [-0.39, 0.29) is 0 Å². The van der Waals surface area contributed by atoms with E-state index in [9.17, 15) is 0 Å². The minimum Gasteiger partial charge on any atom is -0.493 e. The summed E-state index contributed by atoms with van der Waals surface area (Å²) >= 11 is 5.07. The van der Waals surface area contributed by atoms with Crippen molar-refractivity contribution in [2.45, 2.75) is 6.42 Å². The van der Waals surface area contributed by atoms with Crippen molar-refractivity contribution in [1.29, 1.82) is 0 Å². The molecular weight excluding hydrogens is 400 g/mol. The number of hydrogen-bond donors (Lipinski definition) is 1. The lowest BCUT2D eigenvalue weighted by molar-refractivity contribution is 0.354. The van der Waals surface area contributed by atoms with E-state index in [0.717, 1.165) is 45.3 Å². The van der Waals surface area contributed by atoms with Crippen molar-refractivity contribution < 1.29 is 9.47 Å². The van der Waals surface area contributed by atoms with Gasteiger partial charge in [0.2, 0.25) is 0 Å². The van der Waals surface area contributed by atoms with Crippen molar-refractivity contribution in [3.8, 4) is 22.8 Å². The number of nitrogens with one attached hydrogen (secondary N) is 1. The van der Waals surface area contributed by atoms with Crippen molar-refractivity contribution >= 4 is 32.4 Å². The van der Waals surface area contributed by atoms with Gasteiger partial charge in [0.25, 0.3) is 0 Å². The fourth-order valence-electron chi connectivity index (χ4n) is 2.46. The van der Waals surface area contributed by atoms with Crippen molar-refractivity contribution in [2.75, 3.05) is 26.1 Å². The molecule has 3 rings (SSSR count). The highest BCUT2D eigenvalue weighted by Gasteiger charge is 2.06. The first-order valence-corrected chi connectivity index (χ1v) is 9.53. The van der Waals surface area contributed by atoms with Crippen LogP contribution in [0, 0.1) is 0 Å². The Morgan fingerprint density at radius 2 is 1.80 bits per heavy atom. The minimum absolute atomic E-state index is 0.748. The molecule has 4 nitrogen and oxygen atoms in total. The Morgan fingerprint density at radius 1 is 1.04 bits per heavy atom. The first-order valence-electron chi connectivity index (χ1n) is 7.86. The van der Waals surface area contributed by atoms with Gasteiger partial charge in [0.15, 0.2) is 16.6 Å². The van der Waals surface area contributed by atoms with Crippen LogP contribution in [0.3, 0.4) is 0 Å². The van der Waals surface area contributed by atoms with Crippen molar-refractivity contribution in [1.82, 2.24) is 4.98 Å². The Hall–Kier alpha value is -2.05. The van der Waals surface area contributed by atoms with E-state index in [4.69, 9.17) is 9.47 Å². The van der Waals surface area contributed by atoms with Crippen LogP contribution in [0.5, 0.6) is 11.5 Å². The molecule has 0 bridgehead atoms. The molecule has 25 heavy (non-hydrogen) atoms. The number of nitrogens with zero attached hydrogens (tertiary/aromatic N) is 1. The number of ether oxygens (including phenoxy) is 2. The molecule has 0 aliphatic rings. The predicted molar refractivity (Wildman–Crippen MR) is 107 cm³/mol. The smallest absolute Gasteiger partial charge is 0.183 e. The minimum atomic E-state index is 0.748. The molecule has 0 saturated heterocycles. The normalized spacial score (nSPS) is 10.5. The number of hydrogen-bond acceptors (Lipinski definition) is 5. The van der Waals surface area contributed by atoms with E-state index in [0.29, 0.717) is 0 Å². The summed E-state index contributed by atoms with van der Waals surface area (Å²) in [5, 5.41) is 6.39. The van der Waals surface area contributed by atoms with E-state index in [1.807, 2.05) is 24.3 Å². The molecule has 0 aliphatic carbocycles. The van der Waals surface area contributed by atoms with Crippen LogP contribution in [-0.2, 0) is 6.42 Å². The van der Waals surface area contributed by atoms with Gasteiger partial charge in [0.05, 0.1) is 19.9 Å². The summed E-state index contributed by atoms with van der Waals surface area (Å²) < 4.78 is 11.7. The molecule has 0 spiro atoms. The second-order valence-electron chi connectivity index (χ2n) is 5.41. The Labute approximate surface area is 160 Å². The molecule has 0 radical (unpaired) electrons. The molecule has 0 atom stereocenters. The molecule has 3 aromatic rings. The fourth-order valence-corrected chi connectivity index (χ4v) is 3.47. The average molecular weight is 419 g/mol. The zero-order valence-electron chi connectivity index (χ0n) is 14.1. The number of halogens is 1. The molecule has 1 N–H and O–H groups in total. The monoisotopic (exact) mass is 418 g/mol. The van der Waals surface area contributed by atoms with Gasteiger partial charge in [0, 0.05) is 22.0 Å². The Morgan fingerprint density at radius 3 is 2.52 bits per heavy atom. The summed E-state index contributed by atoms with van der Waals surface area (Å²) in [5.41, 5.74) is 3.30. The quantitative estimate of drug-likeness (QED) is 0.569.